The molecule has 0 unspecified atom stereocenters. The van der Waals surface area contributed by atoms with Gasteiger partial charge < -0.3 is 19.1 Å². The quantitative estimate of drug-likeness (QED) is 0.904. The van der Waals surface area contributed by atoms with E-state index in [1.165, 1.54) is 0 Å². The van der Waals surface area contributed by atoms with Gasteiger partial charge in [0.25, 0.3) is 0 Å². The van der Waals surface area contributed by atoms with Crippen LogP contribution in [0.1, 0.15) is 24.6 Å². The molecule has 1 heterocycles. The third kappa shape index (κ3) is 2.07. The zero-order valence-corrected chi connectivity index (χ0v) is 11.4. The molecule has 0 saturated heterocycles. The fourth-order valence-electron chi connectivity index (χ4n) is 2.43. The highest BCUT2D eigenvalue weighted by atomic mass is 16.5. The number of hydrogen-bond acceptors (Lipinski definition) is 4. The Hall–Kier alpha value is -2.24. The summed E-state index contributed by atoms with van der Waals surface area (Å²) in [6.45, 7) is -0.0855. The third-order valence-corrected chi connectivity index (χ3v) is 3.52. The van der Waals surface area contributed by atoms with Gasteiger partial charge in [-0.25, -0.2) is 4.98 Å². The van der Waals surface area contributed by atoms with E-state index in [0.717, 1.165) is 29.7 Å². The number of imidazole rings is 1. The second-order valence-corrected chi connectivity index (χ2v) is 4.92. The van der Waals surface area contributed by atoms with E-state index in [2.05, 4.69) is 4.98 Å². The molecule has 20 heavy (non-hydrogen) atoms. The average molecular weight is 276 g/mol. The van der Waals surface area contributed by atoms with Crippen LogP contribution in [0.4, 0.5) is 0 Å². The number of carboxylic acid groups (broad SMARTS) is 1. The fraction of sp³-hybridized carbons (Fsp3) is 0.429. The summed E-state index contributed by atoms with van der Waals surface area (Å²) in [6, 6.07) is 3.58. The van der Waals surface area contributed by atoms with Crippen molar-refractivity contribution in [3.05, 3.63) is 18.0 Å². The van der Waals surface area contributed by atoms with Crippen molar-refractivity contribution in [2.24, 2.45) is 0 Å². The molecule has 1 fully saturated rings. The topological polar surface area (TPSA) is 73.6 Å². The summed E-state index contributed by atoms with van der Waals surface area (Å²) < 4.78 is 12.3. The minimum atomic E-state index is -0.874. The molecule has 1 aromatic heterocycles. The summed E-state index contributed by atoms with van der Waals surface area (Å²) in [5, 5.41) is 9.09. The summed E-state index contributed by atoms with van der Waals surface area (Å²) in [7, 11) is 3.13. The van der Waals surface area contributed by atoms with Crippen molar-refractivity contribution in [2.45, 2.75) is 25.3 Å². The molecule has 106 valence electrons. The molecular formula is C14H16N2O4. The molecule has 0 atom stereocenters. The van der Waals surface area contributed by atoms with Crippen LogP contribution in [0, 0.1) is 0 Å². The van der Waals surface area contributed by atoms with Crippen LogP contribution in [0.3, 0.4) is 0 Å². The normalized spacial score (nSPS) is 14.5. The second kappa shape index (κ2) is 4.70. The molecule has 0 bridgehead atoms. The highest BCUT2D eigenvalue weighted by molar-refractivity contribution is 5.82. The number of nitrogens with zero attached hydrogens (tertiary/aromatic N) is 2. The fourth-order valence-corrected chi connectivity index (χ4v) is 2.43. The summed E-state index contributed by atoms with van der Waals surface area (Å²) >= 11 is 0. The molecule has 2 aromatic rings. The Balaban J connectivity index is 2.20. The van der Waals surface area contributed by atoms with Gasteiger partial charge in [0.15, 0.2) is 11.5 Å². The monoisotopic (exact) mass is 276 g/mol. The van der Waals surface area contributed by atoms with Crippen LogP contribution in [0.25, 0.3) is 11.0 Å². The Kier molecular flexibility index (Phi) is 3.00. The molecule has 0 amide bonds. The summed E-state index contributed by atoms with van der Waals surface area (Å²) in [6.07, 6.45) is 2.13. The summed E-state index contributed by atoms with van der Waals surface area (Å²) in [5.74, 6) is 1.52. The first-order valence-corrected chi connectivity index (χ1v) is 6.48. The van der Waals surface area contributed by atoms with Crippen LogP contribution in [0.2, 0.25) is 0 Å². The first-order valence-electron chi connectivity index (χ1n) is 6.48. The number of aromatic nitrogens is 2. The number of fused-ring (bicyclic) bond motifs is 1. The lowest BCUT2D eigenvalue weighted by Crippen LogP contribution is -2.11. The molecule has 0 aliphatic heterocycles. The molecule has 1 aliphatic rings. The second-order valence-electron chi connectivity index (χ2n) is 4.92. The number of methoxy groups -OCH3 is 2. The highest BCUT2D eigenvalue weighted by Gasteiger charge is 2.30. The maximum atomic E-state index is 11.1. The van der Waals surface area contributed by atoms with E-state index < -0.39 is 5.97 Å². The van der Waals surface area contributed by atoms with Crippen LogP contribution >= 0.6 is 0 Å². The van der Waals surface area contributed by atoms with Crippen LogP contribution in [0.15, 0.2) is 12.1 Å². The molecule has 1 saturated carbocycles. The maximum absolute atomic E-state index is 11.1. The van der Waals surface area contributed by atoms with E-state index in [-0.39, 0.29) is 6.54 Å². The standard InChI is InChI=1S/C14H16N2O4/c1-19-11-5-9-10(6-12(11)20-2)16(7-13(17)18)14(15-9)8-3-4-8/h5-6,8H,3-4,7H2,1-2H3,(H,17,18). The Bertz CT molecular complexity index is 673. The Labute approximate surface area is 115 Å². The van der Waals surface area contributed by atoms with Crippen molar-refractivity contribution in [2.75, 3.05) is 14.2 Å². The minimum Gasteiger partial charge on any atom is -0.493 e. The Morgan fingerprint density at radius 2 is 2.00 bits per heavy atom. The zero-order valence-electron chi connectivity index (χ0n) is 11.4. The molecule has 0 radical (unpaired) electrons. The van der Waals surface area contributed by atoms with Crippen LogP contribution in [-0.2, 0) is 11.3 Å². The van der Waals surface area contributed by atoms with Crippen LogP contribution in [-0.4, -0.2) is 34.8 Å². The van der Waals surface area contributed by atoms with Crippen LogP contribution in [0.5, 0.6) is 11.5 Å². The van der Waals surface area contributed by atoms with E-state index in [9.17, 15) is 4.79 Å². The number of rotatable bonds is 5. The molecular weight excluding hydrogens is 260 g/mol. The highest BCUT2D eigenvalue weighted by Crippen LogP contribution is 2.42. The van der Waals surface area contributed by atoms with Gasteiger partial charge in [-0.3, -0.25) is 4.79 Å². The largest absolute Gasteiger partial charge is 0.493 e. The van der Waals surface area contributed by atoms with Gasteiger partial charge in [0.05, 0.1) is 25.3 Å². The van der Waals surface area contributed by atoms with Gasteiger partial charge in [0, 0.05) is 18.1 Å². The third-order valence-electron chi connectivity index (χ3n) is 3.52. The van der Waals surface area contributed by atoms with Gasteiger partial charge in [0.2, 0.25) is 0 Å². The minimum absolute atomic E-state index is 0.0855. The van der Waals surface area contributed by atoms with Gasteiger partial charge in [-0.1, -0.05) is 0 Å². The van der Waals surface area contributed by atoms with E-state index in [1.54, 1.807) is 30.9 Å². The van der Waals surface area contributed by atoms with Gasteiger partial charge in [-0.15, -0.1) is 0 Å². The molecule has 0 spiro atoms. The molecule has 1 N–H and O–H groups in total. The number of ether oxygens (including phenoxy) is 2. The summed E-state index contributed by atoms with van der Waals surface area (Å²) in [5.41, 5.74) is 1.51. The lowest BCUT2D eigenvalue weighted by atomic mass is 10.2. The first-order chi connectivity index (χ1) is 9.63. The predicted molar refractivity (Wildman–Crippen MR) is 72.4 cm³/mol. The van der Waals surface area contributed by atoms with Gasteiger partial charge in [-0.05, 0) is 12.8 Å². The number of aliphatic carboxylic acids is 1. The molecule has 3 rings (SSSR count). The van der Waals surface area contributed by atoms with E-state index >= 15 is 0 Å². The number of benzene rings is 1. The molecule has 1 aliphatic carbocycles. The van der Waals surface area contributed by atoms with Crippen LogP contribution < -0.4 is 9.47 Å². The van der Waals surface area contributed by atoms with Gasteiger partial charge in [-0.2, -0.15) is 0 Å². The average Bonchev–Trinajstić information content (AvgIpc) is 3.21. The van der Waals surface area contributed by atoms with Crippen molar-refractivity contribution in [3.63, 3.8) is 0 Å². The number of hydrogen-bond donors (Lipinski definition) is 1. The molecule has 6 heteroatoms. The van der Waals surface area contributed by atoms with Gasteiger partial charge >= 0.3 is 5.97 Å². The summed E-state index contributed by atoms with van der Waals surface area (Å²) in [4.78, 5) is 15.7. The maximum Gasteiger partial charge on any atom is 0.323 e. The van der Waals surface area contributed by atoms with Gasteiger partial charge in [0.1, 0.15) is 12.4 Å². The zero-order chi connectivity index (χ0) is 14.3. The van der Waals surface area contributed by atoms with Crippen molar-refractivity contribution >= 4 is 17.0 Å². The Morgan fingerprint density at radius 1 is 1.35 bits per heavy atom. The lowest BCUT2D eigenvalue weighted by Gasteiger charge is -2.09. The first kappa shape index (κ1) is 12.8. The molecule has 6 nitrogen and oxygen atoms in total. The SMILES string of the molecule is COc1cc2nc(C3CC3)n(CC(=O)O)c2cc1OC. The number of carbonyl (C=O) groups is 1. The lowest BCUT2D eigenvalue weighted by molar-refractivity contribution is -0.137. The van der Waals surface area contributed by atoms with E-state index in [0.29, 0.717) is 17.4 Å². The predicted octanol–water partition coefficient (Wildman–Crippen LogP) is 2.02. The van der Waals surface area contributed by atoms with Crippen molar-refractivity contribution in [1.82, 2.24) is 9.55 Å². The van der Waals surface area contributed by atoms with E-state index in [4.69, 9.17) is 14.6 Å². The van der Waals surface area contributed by atoms with Crippen molar-refractivity contribution in [3.8, 4) is 11.5 Å². The smallest absolute Gasteiger partial charge is 0.323 e. The van der Waals surface area contributed by atoms with Crippen molar-refractivity contribution in [1.29, 1.82) is 0 Å². The molecule has 1 aromatic carbocycles. The van der Waals surface area contributed by atoms with E-state index in [1.807, 2.05) is 0 Å². The Morgan fingerprint density at radius 3 is 2.55 bits per heavy atom. The number of carboxylic acids is 1. The van der Waals surface area contributed by atoms with Crippen molar-refractivity contribution < 1.29 is 19.4 Å².